The first-order valence-electron chi connectivity index (χ1n) is 18.2. The Bertz CT molecular complexity index is 1560. The van der Waals surface area contributed by atoms with Crippen LogP contribution in [0.3, 0.4) is 0 Å². The van der Waals surface area contributed by atoms with Crippen LogP contribution in [0.5, 0.6) is 0 Å². The van der Waals surface area contributed by atoms with Crippen LogP contribution in [0.2, 0.25) is 0 Å². The van der Waals surface area contributed by atoms with E-state index in [2.05, 4.69) is 44.7 Å². The molecular weight excluding hydrogens is 679 g/mol. The van der Waals surface area contributed by atoms with E-state index in [1.165, 1.54) is 11.3 Å². The van der Waals surface area contributed by atoms with Gasteiger partial charge in [-0.3, -0.25) is 24.4 Å². The number of pyridine rings is 1. The number of thiazole rings is 1. The third kappa shape index (κ3) is 12.9. The van der Waals surface area contributed by atoms with Crippen molar-refractivity contribution in [3.05, 3.63) is 82.1 Å². The molecule has 13 heteroatoms. The van der Waals surface area contributed by atoms with Gasteiger partial charge in [-0.25, -0.2) is 9.78 Å². The molecule has 4 rings (SSSR count). The Morgan fingerprint density at radius 1 is 1.02 bits per heavy atom. The highest BCUT2D eigenvalue weighted by molar-refractivity contribution is 7.09. The van der Waals surface area contributed by atoms with Crippen LogP contribution in [0.4, 0.5) is 4.79 Å². The van der Waals surface area contributed by atoms with E-state index in [0.29, 0.717) is 44.2 Å². The fraction of sp³-hybridized carbons (Fsp3) is 0.564. The molecule has 1 aromatic carbocycles. The number of aromatic nitrogens is 2. The summed E-state index contributed by atoms with van der Waals surface area (Å²) in [5.74, 6) is -0.770. The SMILES string of the molecule is CC(C)c1nc(COC(=O)NC[C@@H](C(=O)N[C@H](Cc2ccccc2)[C@@H](O)CN2CCN(Cc3ccncc3)C[C@@H]2C(=O)NC(C)(C)C)C(C)C)cs1. The average Bonchev–Trinajstić information content (AvgIpc) is 3.57. The number of hydrogen-bond acceptors (Lipinski definition) is 10. The minimum atomic E-state index is -0.986. The van der Waals surface area contributed by atoms with E-state index in [-0.39, 0.29) is 37.4 Å². The van der Waals surface area contributed by atoms with Crippen LogP contribution in [0.1, 0.15) is 76.2 Å². The molecule has 12 nitrogen and oxygen atoms in total. The summed E-state index contributed by atoms with van der Waals surface area (Å²) in [6, 6.07) is 12.5. The summed E-state index contributed by atoms with van der Waals surface area (Å²) in [5, 5.41) is 23.7. The van der Waals surface area contributed by atoms with Crippen molar-refractivity contribution in [2.24, 2.45) is 11.8 Å². The number of benzene rings is 1. The van der Waals surface area contributed by atoms with Gasteiger partial charge in [0.2, 0.25) is 11.8 Å². The summed E-state index contributed by atoms with van der Waals surface area (Å²) in [6.07, 6.45) is 2.32. The molecule has 284 valence electrons. The summed E-state index contributed by atoms with van der Waals surface area (Å²) in [4.78, 5) is 53.1. The normalized spacial score (nSPS) is 17.4. The third-order valence-electron chi connectivity index (χ3n) is 9.07. The van der Waals surface area contributed by atoms with E-state index >= 15 is 0 Å². The number of rotatable bonds is 16. The number of nitrogens with one attached hydrogen (secondary N) is 3. The van der Waals surface area contributed by atoms with E-state index in [1.54, 1.807) is 12.4 Å². The van der Waals surface area contributed by atoms with Crippen LogP contribution in [-0.4, -0.2) is 99.2 Å². The molecule has 0 spiro atoms. The first-order valence-corrected chi connectivity index (χ1v) is 19.1. The van der Waals surface area contributed by atoms with Gasteiger partial charge < -0.3 is 25.8 Å². The maximum Gasteiger partial charge on any atom is 0.407 e. The van der Waals surface area contributed by atoms with Crippen LogP contribution in [0.15, 0.2) is 60.2 Å². The van der Waals surface area contributed by atoms with Crippen molar-refractivity contribution < 1.29 is 24.2 Å². The number of aliphatic hydroxyl groups is 1. The monoisotopic (exact) mass is 735 g/mol. The fourth-order valence-corrected chi connectivity index (χ4v) is 6.98. The number of hydrogen-bond donors (Lipinski definition) is 4. The summed E-state index contributed by atoms with van der Waals surface area (Å²) < 4.78 is 5.39. The molecule has 1 aliphatic rings. The smallest absolute Gasteiger partial charge is 0.407 e. The molecule has 4 N–H and O–H groups in total. The van der Waals surface area contributed by atoms with Gasteiger partial charge in [-0.1, -0.05) is 58.0 Å². The fourth-order valence-electron chi connectivity index (χ4n) is 6.16. The zero-order chi connectivity index (χ0) is 37.8. The van der Waals surface area contributed by atoms with E-state index in [4.69, 9.17) is 4.74 Å². The van der Waals surface area contributed by atoms with Crippen molar-refractivity contribution >= 4 is 29.2 Å². The maximum atomic E-state index is 13.9. The molecule has 0 aliphatic carbocycles. The van der Waals surface area contributed by atoms with Gasteiger partial charge in [0.25, 0.3) is 0 Å². The highest BCUT2D eigenvalue weighted by Crippen LogP contribution is 2.21. The molecule has 0 unspecified atom stereocenters. The van der Waals surface area contributed by atoms with E-state index < -0.39 is 35.7 Å². The van der Waals surface area contributed by atoms with Crippen molar-refractivity contribution in [1.82, 2.24) is 35.7 Å². The molecule has 0 radical (unpaired) electrons. The second-order valence-corrected chi connectivity index (χ2v) is 16.2. The van der Waals surface area contributed by atoms with Crippen LogP contribution in [0.25, 0.3) is 0 Å². The second-order valence-electron chi connectivity index (χ2n) is 15.4. The van der Waals surface area contributed by atoms with E-state index in [9.17, 15) is 19.5 Å². The van der Waals surface area contributed by atoms with Gasteiger partial charge in [-0.2, -0.15) is 0 Å². The summed E-state index contributed by atoms with van der Waals surface area (Å²) in [6.45, 7) is 16.6. The van der Waals surface area contributed by atoms with Crippen molar-refractivity contribution in [2.45, 2.75) is 97.7 Å². The first-order chi connectivity index (χ1) is 24.7. The van der Waals surface area contributed by atoms with E-state index in [1.807, 2.05) is 87.4 Å². The van der Waals surface area contributed by atoms with Crippen LogP contribution < -0.4 is 16.0 Å². The summed E-state index contributed by atoms with van der Waals surface area (Å²) in [5.41, 5.74) is 2.34. The number of piperazine rings is 1. The Morgan fingerprint density at radius 3 is 2.37 bits per heavy atom. The summed E-state index contributed by atoms with van der Waals surface area (Å²) in [7, 11) is 0. The number of amides is 3. The molecule has 0 saturated carbocycles. The topological polar surface area (TPSA) is 149 Å². The third-order valence-corrected chi connectivity index (χ3v) is 10.3. The van der Waals surface area contributed by atoms with Gasteiger partial charge >= 0.3 is 6.09 Å². The number of β-amino-alcohol motifs (C(OH)–C–C–N with tert-alkyl or cyclic N) is 1. The Morgan fingerprint density at radius 2 is 1.73 bits per heavy atom. The van der Waals surface area contributed by atoms with Crippen molar-refractivity contribution in [2.75, 3.05) is 32.7 Å². The minimum absolute atomic E-state index is 0.0473. The number of alkyl carbamates (subject to hydrolysis) is 1. The Balaban J connectivity index is 1.44. The molecule has 4 atom stereocenters. The molecule has 3 heterocycles. The van der Waals surface area contributed by atoms with Gasteiger partial charge in [0.1, 0.15) is 12.6 Å². The zero-order valence-electron chi connectivity index (χ0n) is 31.7. The molecule has 52 heavy (non-hydrogen) atoms. The van der Waals surface area contributed by atoms with Crippen LogP contribution >= 0.6 is 11.3 Å². The number of carbonyl (C=O) groups is 3. The zero-order valence-corrected chi connectivity index (χ0v) is 32.5. The molecule has 0 bridgehead atoms. The van der Waals surface area contributed by atoms with Crippen LogP contribution in [0, 0.1) is 11.8 Å². The lowest BCUT2D eigenvalue weighted by molar-refractivity contribution is -0.132. The molecule has 3 aromatic rings. The minimum Gasteiger partial charge on any atom is -0.443 e. The van der Waals surface area contributed by atoms with Gasteiger partial charge in [0.15, 0.2) is 0 Å². The Kier molecular flexibility index (Phi) is 15.1. The number of ether oxygens (including phenoxy) is 1. The number of aliphatic hydroxyl groups excluding tert-OH is 1. The van der Waals surface area contributed by atoms with Crippen molar-refractivity contribution in [1.29, 1.82) is 0 Å². The molecule has 1 aliphatic heterocycles. The number of nitrogens with zero attached hydrogens (tertiary/aromatic N) is 4. The number of carbonyl (C=O) groups excluding carboxylic acids is 3. The molecular formula is C39H57N7O5S. The molecule has 1 fully saturated rings. The first kappa shape index (κ1) is 40.9. The maximum absolute atomic E-state index is 13.9. The van der Waals surface area contributed by atoms with E-state index in [0.717, 1.165) is 16.1 Å². The average molecular weight is 736 g/mol. The van der Waals surface area contributed by atoms with Gasteiger partial charge in [0, 0.05) is 68.5 Å². The molecule has 3 amide bonds. The lowest BCUT2D eigenvalue weighted by Gasteiger charge is -2.43. The van der Waals surface area contributed by atoms with Gasteiger partial charge in [-0.05, 0) is 56.4 Å². The van der Waals surface area contributed by atoms with Gasteiger partial charge in [-0.15, -0.1) is 11.3 Å². The second kappa shape index (κ2) is 19.2. The van der Waals surface area contributed by atoms with Crippen LogP contribution in [-0.2, 0) is 33.9 Å². The van der Waals surface area contributed by atoms with Crippen molar-refractivity contribution in [3.63, 3.8) is 0 Å². The van der Waals surface area contributed by atoms with Crippen molar-refractivity contribution in [3.8, 4) is 0 Å². The standard InChI is InChI=1S/C39H57N7O5S/c1-26(2)31(20-41-38(50)51-24-30-25-52-37(42-30)27(3)4)35(48)43-32(19-28-11-9-8-10-12-28)34(47)23-46-18-17-45(21-29-13-15-40-16-14-29)22-33(46)36(49)44-39(5,6)7/h8-16,25-27,31-34,47H,17-24H2,1-7H3,(H,41,50)(H,43,48)(H,44,49)/t31-,32-,33-,34+/m1/s1. The van der Waals surface area contributed by atoms with Gasteiger partial charge in [0.05, 0.1) is 28.8 Å². The molecule has 1 saturated heterocycles. The highest BCUT2D eigenvalue weighted by atomic mass is 32.1. The lowest BCUT2D eigenvalue weighted by Crippen LogP contribution is -2.63. The quantitative estimate of drug-likeness (QED) is 0.169. The highest BCUT2D eigenvalue weighted by Gasteiger charge is 2.37. The lowest BCUT2D eigenvalue weighted by atomic mass is 9.93. The molecule has 2 aromatic heterocycles. The predicted molar refractivity (Wildman–Crippen MR) is 204 cm³/mol. The summed E-state index contributed by atoms with van der Waals surface area (Å²) >= 11 is 1.54. The largest absolute Gasteiger partial charge is 0.443 e. The Hall–Kier alpha value is -3.91. The Labute approximate surface area is 312 Å². The predicted octanol–water partition coefficient (Wildman–Crippen LogP) is 4.35.